The number of aryl methyl sites for hydroxylation is 1. The number of amides is 1. The number of hydrogen-bond donors (Lipinski definition) is 2. The van der Waals surface area contributed by atoms with Crippen molar-refractivity contribution in [3.8, 4) is 22.6 Å². The third-order valence-corrected chi connectivity index (χ3v) is 6.73. The van der Waals surface area contributed by atoms with Crippen molar-refractivity contribution in [2.75, 3.05) is 10.5 Å². The van der Waals surface area contributed by atoms with E-state index in [1.165, 1.54) is 6.07 Å². The molecule has 2 N–H and O–H groups in total. The summed E-state index contributed by atoms with van der Waals surface area (Å²) in [6, 6.07) is 19.9. The van der Waals surface area contributed by atoms with Gasteiger partial charge in [-0.25, -0.2) is 17.8 Å². The summed E-state index contributed by atoms with van der Waals surface area (Å²) < 4.78 is 46.4. The number of halogens is 1. The van der Waals surface area contributed by atoms with Crippen LogP contribution in [-0.4, -0.2) is 25.1 Å². The molecule has 0 aliphatic carbocycles. The summed E-state index contributed by atoms with van der Waals surface area (Å²) in [4.78, 5) is 17.1. The Labute approximate surface area is 203 Å². The van der Waals surface area contributed by atoms with Gasteiger partial charge in [-0.05, 0) is 49.7 Å². The highest BCUT2D eigenvalue weighted by atomic mass is 32.2. The number of oxazole rings is 1. The van der Waals surface area contributed by atoms with Gasteiger partial charge in [-0.15, -0.1) is 0 Å². The Kier molecular flexibility index (Phi) is 6.97. The van der Waals surface area contributed by atoms with Gasteiger partial charge in [0.25, 0.3) is 5.91 Å². The van der Waals surface area contributed by atoms with Gasteiger partial charge in [-0.1, -0.05) is 42.5 Å². The van der Waals surface area contributed by atoms with Gasteiger partial charge >= 0.3 is 0 Å². The lowest BCUT2D eigenvalue weighted by atomic mass is 10.0. The maximum Gasteiger partial charge on any atom is 0.251 e. The van der Waals surface area contributed by atoms with Gasteiger partial charge in [0, 0.05) is 11.1 Å². The third kappa shape index (κ3) is 5.58. The number of aromatic nitrogens is 1. The van der Waals surface area contributed by atoms with Crippen molar-refractivity contribution in [1.82, 2.24) is 10.3 Å². The first-order valence-electron chi connectivity index (χ1n) is 11.0. The molecular formula is C26H24FN3O4S. The van der Waals surface area contributed by atoms with Crippen LogP contribution in [0.5, 0.6) is 0 Å². The monoisotopic (exact) mass is 493 g/mol. The van der Waals surface area contributed by atoms with Crippen LogP contribution in [0.4, 0.5) is 10.1 Å². The molecule has 0 aliphatic heterocycles. The van der Waals surface area contributed by atoms with Crippen molar-refractivity contribution in [3.05, 3.63) is 95.6 Å². The van der Waals surface area contributed by atoms with Gasteiger partial charge in [-0.2, -0.15) is 0 Å². The van der Waals surface area contributed by atoms with Crippen molar-refractivity contribution >= 4 is 21.6 Å². The molecule has 0 atom stereocenters. The number of sulfonamides is 1. The number of carbonyl (C=O) groups excluding carboxylic acids is 1. The van der Waals surface area contributed by atoms with Crippen LogP contribution in [0.1, 0.15) is 28.7 Å². The zero-order valence-corrected chi connectivity index (χ0v) is 20.0. The molecule has 0 saturated carbocycles. The molecule has 0 fully saturated rings. The molecule has 0 spiro atoms. The predicted octanol–water partition coefficient (Wildman–Crippen LogP) is 5.15. The Hall–Kier alpha value is -3.98. The van der Waals surface area contributed by atoms with E-state index in [9.17, 15) is 17.6 Å². The topological polar surface area (TPSA) is 101 Å². The van der Waals surface area contributed by atoms with Crippen molar-refractivity contribution in [2.24, 2.45) is 0 Å². The van der Waals surface area contributed by atoms with E-state index < -0.39 is 10.0 Å². The highest BCUT2D eigenvalue weighted by Gasteiger charge is 2.18. The van der Waals surface area contributed by atoms with Crippen LogP contribution in [0.3, 0.4) is 0 Å². The fraction of sp³-hybridized carbons (Fsp3) is 0.154. The normalized spacial score (nSPS) is 11.3. The molecule has 4 aromatic rings. The number of nitrogens with zero attached hydrogens (tertiary/aromatic N) is 1. The fourth-order valence-corrected chi connectivity index (χ4v) is 4.13. The summed E-state index contributed by atoms with van der Waals surface area (Å²) in [5.41, 5.74) is 2.94. The van der Waals surface area contributed by atoms with Crippen molar-refractivity contribution < 1.29 is 22.0 Å². The second-order valence-corrected chi connectivity index (χ2v) is 9.82. The highest BCUT2D eigenvalue weighted by Crippen LogP contribution is 2.29. The minimum atomic E-state index is -3.48. The summed E-state index contributed by atoms with van der Waals surface area (Å²) in [6.07, 6.45) is 0. The van der Waals surface area contributed by atoms with E-state index in [1.807, 2.05) is 0 Å². The van der Waals surface area contributed by atoms with Gasteiger partial charge < -0.3 is 9.73 Å². The van der Waals surface area contributed by atoms with Crippen molar-refractivity contribution in [3.63, 3.8) is 0 Å². The number of nitrogens with one attached hydrogen (secondary N) is 2. The molecule has 0 unspecified atom stereocenters. The summed E-state index contributed by atoms with van der Waals surface area (Å²) in [7, 11) is -3.48. The number of hydrogen-bond acceptors (Lipinski definition) is 5. The number of para-hydroxylation sites is 1. The quantitative estimate of drug-likeness (QED) is 0.354. The average molecular weight is 494 g/mol. The lowest BCUT2D eigenvalue weighted by molar-refractivity contribution is 0.0950. The second-order valence-electron chi connectivity index (χ2n) is 7.81. The van der Waals surface area contributed by atoms with Gasteiger partial charge in [0.05, 0.1) is 23.5 Å². The van der Waals surface area contributed by atoms with E-state index in [4.69, 9.17) is 4.42 Å². The summed E-state index contributed by atoms with van der Waals surface area (Å²) >= 11 is 0. The molecule has 9 heteroatoms. The minimum absolute atomic E-state index is 0.0650. The Morgan fingerprint density at radius 2 is 1.63 bits per heavy atom. The van der Waals surface area contributed by atoms with E-state index in [2.05, 4.69) is 15.0 Å². The molecule has 1 aromatic heterocycles. The zero-order chi connectivity index (χ0) is 25.0. The molecule has 1 heterocycles. The molecule has 180 valence electrons. The molecule has 3 aromatic carbocycles. The highest BCUT2D eigenvalue weighted by molar-refractivity contribution is 7.92. The Morgan fingerprint density at radius 1 is 0.971 bits per heavy atom. The van der Waals surface area contributed by atoms with Crippen LogP contribution >= 0.6 is 0 Å². The predicted molar refractivity (Wildman–Crippen MR) is 133 cm³/mol. The zero-order valence-electron chi connectivity index (χ0n) is 19.2. The first-order valence-corrected chi connectivity index (χ1v) is 12.6. The molecule has 0 radical (unpaired) electrons. The standard InChI is InChI=1S/C26H24FN3O4S/c1-3-35(32,33)30-23-11-7-5-9-21(23)26-29-24(17(2)34-26)16-28-25(31)19-14-12-18(13-15-19)20-8-4-6-10-22(20)27/h4-15,30H,3,16H2,1-2H3,(H,28,31). The fourth-order valence-electron chi connectivity index (χ4n) is 3.47. The van der Waals surface area contributed by atoms with Crippen LogP contribution in [0.2, 0.25) is 0 Å². The molecular weight excluding hydrogens is 469 g/mol. The molecule has 35 heavy (non-hydrogen) atoms. The van der Waals surface area contributed by atoms with E-state index in [0.29, 0.717) is 39.4 Å². The number of rotatable bonds is 8. The number of anilines is 1. The first kappa shape index (κ1) is 24.2. The molecule has 0 bridgehead atoms. The summed E-state index contributed by atoms with van der Waals surface area (Å²) in [6.45, 7) is 3.39. The molecule has 0 aliphatic rings. The smallest absolute Gasteiger partial charge is 0.251 e. The maximum absolute atomic E-state index is 14.0. The van der Waals surface area contributed by atoms with Crippen LogP contribution in [0, 0.1) is 12.7 Å². The maximum atomic E-state index is 14.0. The average Bonchev–Trinajstić information content (AvgIpc) is 3.23. The molecule has 7 nitrogen and oxygen atoms in total. The number of carbonyl (C=O) groups is 1. The van der Waals surface area contributed by atoms with Crippen LogP contribution < -0.4 is 10.0 Å². The van der Waals surface area contributed by atoms with Crippen molar-refractivity contribution in [1.29, 1.82) is 0 Å². The van der Waals surface area contributed by atoms with Gasteiger partial charge in [0.15, 0.2) is 0 Å². The Morgan fingerprint density at radius 3 is 2.31 bits per heavy atom. The van der Waals surface area contributed by atoms with E-state index in [-0.39, 0.29) is 29.9 Å². The van der Waals surface area contributed by atoms with Gasteiger partial charge in [0.1, 0.15) is 17.3 Å². The largest absolute Gasteiger partial charge is 0.441 e. The van der Waals surface area contributed by atoms with E-state index in [0.717, 1.165) is 0 Å². The van der Waals surface area contributed by atoms with Crippen molar-refractivity contribution in [2.45, 2.75) is 20.4 Å². The minimum Gasteiger partial charge on any atom is -0.441 e. The van der Waals surface area contributed by atoms with Crippen LogP contribution in [-0.2, 0) is 16.6 Å². The Balaban J connectivity index is 1.47. The van der Waals surface area contributed by atoms with Crippen LogP contribution in [0.15, 0.2) is 77.2 Å². The Bertz CT molecular complexity index is 1460. The van der Waals surface area contributed by atoms with Crippen LogP contribution in [0.25, 0.3) is 22.6 Å². The molecule has 4 rings (SSSR count). The summed E-state index contributed by atoms with van der Waals surface area (Å²) in [5.74, 6) is 0.0415. The summed E-state index contributed by atoms with van der Waals surface area (Å²) in [5, 5.41) is 2.81. The molecule has 0 saturated heterocycles. The van der Waals surface area contributed by atoms with E-state index in [1.54, 1.807) is 80.6 Å². The van der Waals surface area contributed by atoms with E-state index >= 15 is 0 Å². The third-order valence-electron chi connectivity index (χ3n) is 5.44. The lowest BCUT2D eigenvalue weighted by Crippen LogP contribution is -2.23. The first-order chi connectivity index (χ1) is 16.8. The molecule has 1 amide bonds. The van der Waals surface area contributed by atoms with Gasteiger partial charge in [-0.3, -0.25) is 9.52 Å². The lowest BCUT2D eigenvalue weighted by Gasteiger charge is -2.09. The SMILES string of the molecule is CCS(=O)(=O)Nc1ccccc1-c1nc(CNC(=O)c2ccc(-c3ccccc3F)cc2)c(C)o1. The second kappa shape index (κ2) is 10.1. The number of benzene rings is 3. The van der Waals surface area contributed by atoms with Gasteiger partial charge in [0.2, 0.25) is 15.9 Å².